The van der Waals surface area contributed by atoms with Crippen molar-refractivity contribution in [2.45, 2.75) is 130 Å². The molecular weight excluding hydrogens is 1750 g/mol. The van der Waals surface area contributed by atoms with E-state index < -0.39 is 12.2 Å². The molecule has 0 bridgehead atoms. The zero-order valence-electron chi connectivity index (χ0n) is 76.2. The van der Waals surface area contributed by atoms with E-state index in [0.717, 1.165) is 204 Å². The normalized spacial score (nSPS) is 16.1. The van der Waals surface area contributed by atoms with Gasteiger partial charge in [-0.3, -0.25) is 37.6 Å². The predicted octanol–water partition coefficient (Wildman–Crippen LogP) is 25.8. The van der Waals surface area contributed by atoms with Crippen LogP contribution in [0.25, 0.3) is 141 Å². The van der Waals surface area contributed by atoms with Gasteiger partial charge in [0.2, 0.25) is 0 Å². The van der Waals surface area contributed by atoms with Gasteiger partial charge in [0.05, 0.1) is 82.5 Å². The fourth-order valence-electron chi connectivity index (χ4n) is 18.0. The first-order chi connectivity index (χ1) is 66.2. The summed E-state index contributed by atoms with van der Waals surface area (Å²) in [6.45, 7) is 7.55. The third-order valence-electron chi connectivity index (χ3n) is 26.5. The maximum atomic E-state index is 9.83. The van der Waals surface area contributed by atoms with E-state index in [-0.39, 0.29) is 6.61 Å². The van der Waals surface area contributed by atoms with Crippen LogP contribution in [0.15, 0.2) is 315 Å². The average molecular weight is 1850 g/mol. The Hall–Kier alpha value is -13.1. The average Bonchev–Trinajstić information content (AvgIpc) is 1.61. The SMILES string of the molecule is C=Cc1ccc(-c2cn3c(-c4ccc(C5=CN=C(C6CC6)C5)cc4)cnc3c(SC)n2)cc1.CSc1nc(-c2ccc(C(C)O)cc2)cn2c(-c3ccc(C4=CN=C(C5CC5)C4)cc3)cnc12.CSc1nc(-c2ccc(CCO)cc2)cn2c(-c3ccc(C4=CN=C(C5CC5)C4)cc3)cnc12.CSc1nc(-c2ccc([C@@H](C)O)cc2)cn2c(-c3ccc(C4=CN=C(C5CC5)C4)cc3)cnc12. The minimum absolute atomic E-state index is 0.156. The lowest BCUT2D eigenvalue weighted by atomic mass is 9.99. The number of thioether (sulfide) groups is 4. The van der Waals surface area contributed by atoms with Crippen molar-refractivity contribution in [1.82, 2.24) is 57.5 Å². The van der Waals surface area contributed by atoms with E-state index in [1.54, 1.807) is 60.9 Å². The number of aromatic nitrogens is 12. The van der Waals surface area contributed by atoms with Crippen molar-refractivity contribution in [3.8, 4) is 90.1 Å². The lowest BCUT2D eigenvalue weighted by Gasteiger charge is -2.10. The summed E-state index contributed by atoms with van der Waals surface area (Å²) >= 11 is 6.42. The quantitative estimate of drug-likeness (QED) is 0.0452. The van der Waals surface area contributed by atoms with Gasteiger partial charge in [-0.05, 0) is 187 Å². The van der Waals surface area contributed by atoms with Crippen molar-refractivity contribution >= 4 is 121 Å². The summed E-state index contributed by atoms with van der Waals surface area (Å²) < 4.78 is 8.57. The lowest BCUT2D eigenvalue weighted by Crippen LogP contribution is -1.98. The van der Waals surface area contributed by atoms with Crippen LogP contribution >= 0.6 is 47.0 Å². The first-order valence-corrected chi connectivity index (χ1v) is 51.2. The van der Waals surface area contributed by atoms with Crippen LogP contribution in [-0.4, -0.2) is 127 Å². The van der Waals surface area contributed by atoms with Crippen molar-refractivity contribution < 1.29 is 15.3 Å². The topological polar surface area (TPSA) is 231 Å². The van der Waals surface area contributed by atoms with Crippen molar-refractivity contribution in [3.05, 3.63) is 320 Å². The second-order valence-corrected chi connectivity index (χ2v) is 38.9. The molecule has 8 aliphatic rings. The maximum absolute atomic E-state index is 9.83. The summed E-state index contributed by atoms with van der Waals surface area (Å²) in [6.07, 6.45) is 48.2. The predicted molar refractivity (Wildman–Crippen MR) is 556 cm³/mol. The number of hydrogen-bond acceptors (Lipinski definition) is 19. The van der Waals surface area contributed by atoms with E-state index >= 15 is 0 Å². The highest BCUT2D eigenvalue weighted by Crippen LogP contribution is 2.45. The van der Waals surface area contributed by atoms with Crippen LogP contribution in [0.2, 0.25) is 0 Å². The van der Waals surface area contributed by atoms with Gasteiger partial charge in [-0.2, -0.15) is 0 Å². The van der Waals surface area contributed by atoms with E-state index in [4.69, 9.17) is 39.9 Å². The molecular formula is C112H102N16O3S4. The number of nitrogens with zero attached hydrogens (tertiary/aromatic N) is 16. The number of allylic oxidation sites excluding steroid dienone is 4. The van der Waals surface area contributed by atoms with Crippen LogP contribution in [0.4, 0.5) is 0 Å². The molecule has 672 valence electrons. The van der Waals surface area contributed by atoms with Crippen LogP contribution in [0.3, 0.4) is 0 Å². The van der Waals surface area contributed by atoms with Crippen LogP contribution in [0.1, 0.15) is 148 Å². The fourth-order valence-corrected chi connectivity index (χ4v) is 20.1. The first kappa shape index (κ1) is 88.5. The summed E-state index contributed by atoms with van der Waals surface area (Å²) in [5.41, 5.74) is 39.6. The molecule has 12 heterocycles. The zero-order chi connectivity index (χ0) is 91.9. The molecule has 8 aromatic carbocycles. The minimum Gasteiger partial charge on any atom is -0.396 e. The smallest absolute Gasteiger partial charge is 0.170 e. The van der Waals surface area contributed by atoms with Crippen molar-refractivity contribution in [1.29, 1.82) is 0 Å². The third-order valence-corrected chi connectivity index (χ3v) is 29.2. The van der Waals surface area contributed by atoms with Gasteiger partial charge in [0.25, 0.3) is 0 Å². The van der Waals surface area contributed by atoms with E-state index in [2.05, 4.69) is 221 Å². The molecule has 2 atom stereocenters. The fraction of sp³-hybridized carbons (Fsp3) is 0.232. The third kappa shape index (κ3) is 19.0. The summed E-state index contributed by atoms with van der Waals surface area (Å²) in [7, 11) is 0. The summed E-state index contributed by atoms with van der Waals surface area (Å²) in [5.74, 6) is 2.91. The Bertz CT molecular complexity index is 7250. The summed E-state index contributed by atoms with van der Waals surface area (Å²) in [6, 6.07) is 67.4. The molecule has 19 nitrogen and oxygen atoms in total. The molecule has 16 aromatic rings. The van der Waals surface area contributed by atoms with Gasteiger partial charge in [-0.25, -0.2) is 39.9 Å². The minimum atomic E-state index is -0.485. The van der Waals surface area contributed by atoms with Gasteiger partial charge in [0.1, 0.15) is 20.1 Å². The van der Waals surface area contributed by atoms with Crippen molar-refractivity contribution in [2.24, 2.45) is 43.6 Å². The summed E-state index contributed by atoms with van der Waals surface area (Å²) in [4.78, 5) is 56.9. The van der Waals surface area contributed by atoms with Crippen molar-refractivity contribution in [3.63, 3.8) is 0 Å². The Balaban J connectivity index is 0.000000108. The van der Waals surface area contributed by atoms with Crippen LogP contribution < -0.4 is 0 Å². The van der Waals surface area contributed by atoms with E-state index in [9.17, 15) is 15.3 Å². The highest BCUT2D eigenvalue weighted by molar-refractivity contribution is 7.99. The lowest BCUT2D eigenvalue weighted by molar-refractivity contribution is 0.199. The molecule has 0 spiro atoms. The monoisotopic (exact) mass is 1850 g/mol. The molecule has 135 heavy (non-hydrogen) atoms. The Morgan fingerprint density at radius 1 is 0.326 bits per heavy atom. The number of aliphatic hydroxyl groups is 3. The highest BCUT2D eigenvalue weighted by Gasteiger charge is 2.34. The van der Waals surface area contributed by atoms with Crippen LogP contribution in [0, 0.1) is 23.7 Å². The van der Waals surface area contributed by atoms with Gasteiger partial charge in [0.15, 0.2) is 22.6 Å². The Morgan fingerprint density at radius 3 is 0.778 bits per heavy atom. The molecule has 0 amide bonds. The second-order valence-electron chi connectivity index (χ2n) is 35.7. The number of aliphatic hydroxyl groups excluding tert-OH is 3. The maximum Gasteiger partial charge on any atom is 0.170 e. The molecule has 23 heteroatoms. The molecule has 8 aromatic heterocycles. The number of hydrogen-bond donors (Lipinski definition) is 3. The number of benzene rings is 8. The van der Waals surface area contributed by atoms with Gasteiger partial charge in [-0.1, -0.05) is 207 Å². The molecule has 4 aliphatic carbocycles. The molecule has 4 saturated carbocycles. The summed E-state index contributed by atoms with van der Waals surface area (Å²) in [5, 5.41) is 32.5. The molecule has 4 aliphatic heterocycles. The zero-order valence-corrected chi connectivity index (χ0v) is 79.4. The number of imidazole rings is 4. The number of rotatable bonds is 25. The molecule has 24 rings (SSSR count). The molecule has 0 saturated heterocycles. The van der Waals surface area contributed by atoms with Gasteiger partial charge < -0.3 is 15.3 Å². The van der Waals surface area contributed by atoms with Crippen LogP contribution in [0.5, 0.6) is 0 Å². The Labute approximate surface area is 802 Å². The van der Waals surface area contributed by atoms with E-state index in [1.165, 1.54) is 119 Å². The molecule has 4 fully saturated rings. The molecule has 0 radical (unpaired) electrons. The number of aliphatic imine (C=N–C) groups is 4. The van der Waals surface area contributed by atoms with E-state index in [1.807, 2.05) is 123 Å². The standard InChI is InChI=1S/3C28H26N4OS.C28H24N4S/c2*1-17(33)18-3-7-21(8-4-18)25-16-32-26(15-30-27(32)28(31-25)34-2)22-11-5-19(6-12-22)23-13-24(29-14-23)20-9-10-20;1-34-28-27-30-16-26(32(27)17-25(31-28)21-4-2-18(3-5-21)12-13-33)22-10-6-19(7-11-22)23-14-24(29-15-23)20-8-9-20;1-3-18-4-6-21(7-5-18)25-17-32-26(16-30-27(32)28(31-25)33-2)22-12-8-19(9-13-22)23-14-24(29-15-23)20-10-11-20/h2*3-8,11-12,14-17,20,33H,9-10,13H2,1-2H3;2-7,10-11,15-17,20,33H,8-9,12-14H2,1H3;3-9,12-13,15-17,20H,1,10-11,14H2,2H3/t17-;;;/m1.../s1. The second kappa shape index (κ2) is 38.7. The van der Waals surface area contributed by atoms with Gasteiger partial charge in [-0.15, -0.1) is 47.0 Å². The number of fused-ring (bicyclic) bond motifs is 4. The van der Waals surface area contributed by atoms with Crippen LogP contribution in [-0.2, 0) is 6.42 Å². The van der Waals surface area contributed by atoms with Gasteiger partial charge in [0, 0.05) is 149 Å². The highest BCUT2D eigenvalue weighted by atomic mass is 32.2. The first-order valence-electron chi connectivity index (χ1n) is 46.3. The Morgan fingerprint density at radius 2 is 0.556 bits per heavy atom. The molecule has 3 N–H and O–H groups in total. The Kier molecular flexibility index (Phi) is 25.4. The van der Waals surface area contributed by atoms with Crippen molar-refractivity contribution in [2.75, 3.05) is 31.6 Å². The molecule has 1 unspecified atom stereocenters. The van der Waals surface area contributed by atoms with Gasteiger partial charge >= 0.3 is 0 Å². The largest absolute Gasteiger partial charge is 0.396 e. The van der Waals surface area contributed by atoms with E-state index in [0.29, 0.717) is 6.42 Å².